The number of unbranched alkanes of at least 4 members (excludes halogenated alkanes) is 30. The summed E-state index contributed by atoms with van der Waals surface area (Å²) in [5.74, 6) is 0. The fourth-order valence-electron chi connectivity index (χ4n) is 8.86. The first kappa shape index (κ1) is 66.9. The summed E-state index contributed by atoms with van der Waals surface area (Å²) < 4.78 is 0. The third kappa shape index (κ3) is 50.2. The Kier molecular flexibility index (Phi) is 57.1. The first-order chi connectivity index (χ1) is 27.2. The van der Waals surface area contributed by atoms with E-state index in [2.05, 4.69) is 70.9 Å². The largest absolute Gasteiger partial charge is 0.312 e. The maximum Gasteiger partial charge on any atom is 0.0125 e. The fourth-order valence-corrected chi connectivity index (χ4v) is 8.86. The molecule has 0 aromatic rings. The summed E-state index contributed by atoms with van der Waals surface area (Å²) in [4.78, 5) is 2.89. The lowest BCUT2D eigenvalue weighted by molar-refractivity contribution is 0.187. The highest BCUT2D eigenvalue weighted by Crippen LogP contribution is 2.20. The van der Waals surface area contributed by atoms with E-state index in [1.807, 2.05) is 0 Å². The molecule has 0 aromatic heterocycles. The number of hydrogen-bond acceptors (Lipinski definition) is 3. The van der Waals surface area contributed by atoms with Crippen LogP contribution in [0.2, 0.25) is 0 Å². The summed E-state index contributed by atoms with van der Waals surface area (Å²) in [7, 11) is 0. The molecule has 6 heteroatoms. The molecule has 0 amide bonds. The van der Waals surface area contributed by atoms with Crippen molar-refractivity contribution in [3.05, 3.63) is 0 Å². The Hall–Kier alpha value is 1.32. The topological polar surface area (TPSA) is 27.3 Å². The van der Waals surface area contributed by atoms with Gasteiger partial charge in [-0.05, 0) is 106 Å². The minimum atomic E-state index is 0. The Labute approximate surface area is 406 Å². The van der Waals surface area contributed by atoms with Crippen molar-refractivity contribution in [1.29, 1.82) is 0 Å². The van der Waals surface area contributed by atoms with Crippen LogP contribution in [0.25, 0.3) is 0 Å². The van der Waals surface area contributed by atoms with Crippen LogP contribution in [0.3, 0.4) is 0 Å². The van der Waals surface area contributed by atoms with Crippen molar-refractivity contribution < 1.29 is 0 Å². The second kappa shape index (κ2) is 50.3. The predicted molar refractivity (Wildman–Crippen MR) is 289 cm³/mol. The third-order valence-electron chi connectivity index (χ3n) is 13.1. The van der Waals surface area contributed by atoms with Gasteiger partial charge in [0.1, 0.15) is 0 Å². The van der Waals surface area contributed by atoms with E-state index in [0.29, 0.717) is 11.1 Å². The smallest absolute Gasteiger partial charge is 0.0125 e. The van der Waals surface area contributed by atoms with Gasteiger partial charge in [0, 0.05) is 17.1 Å². The monoisotopic (exact) mass is 1030 g/mol. The molecule has 2 N–H and O–H groups in total. The van der Waals surface area contributed by atoms with Crippen molar-refractivity contribution in [2.24, 2.45) is 0 Å². The molecule has 59 heavy (non-hydrogen) atoms. The van der Waals surface area contributed by atoms with Crippen LogP contribution in [0.4, 0.5) is 0 Å². The SMILES string of the molecule is Br.Br.Br.CCCCCCCCCCCC(C)N(CCCCCCNC(C)(C)CCCCCCCCCCC)CCCCCCNC(C)(C)CCCCCCCCCCC. The number of nitrogens with zero attached hydrogens (tertiary/aromatic N) is 1. The lowest BCUT2D eigenvalue weighted by atomic mass is 9.95. The Morgan fingerprint density at radius 1 is 0.339 bits per heavy atom. The maximum absolute atomic E-state index is 3.92. The van der Waals surface area contributed by atoms with Crippen LogP contribution in [0.15, 0.2) is 0 Å². The minimum Gasteiger partial charge on any atom is -0.312 e. The zero-order chi connectivity index (χ0) is 41.3. The standard InChI is InChI=1S/C53H111N3.3BrH/c1-9-12-15-18-21-24-27-30-37-44-51(4)56(49-42-35-33-40-47-54-52(5,6)45-38-31-28-25-22-19-16-13-10-2)50-43-36-34-41-48-55-53(7,8)46-39-32-29-26-23-20-17-14-11-3;;;/h51,54-55H,9-50H2,1-8H3;3*1H. The summed E-state index contributed by atoms with van der Waals surface area (Å²) in [6.07, 6.45) is 53.6. The Morgan fingerprint density at radius 3 is 0.915 bits per heavy atom. The molecule has 0 aliphatic heterocycles. The highest BCUT2D eigenvalue weighted by molar-refractivity contribution is 8.93. The van der Waals surface area contributed by atoms with Crippen LogP contribution < -0.4 is 10.6 Å². The van der Waals surface area contributed by atoms with E-state index >= 15 is 0 Å². The molecule has 3 nitrogen and oxygen atoms in total. The van der Waals surface area contributed by atoms with Crippen LogP contribution in [-0.2, 0) is 0 Å². The average molecular weight is 1030 g/mol. The molecular weight excluding hydrogens is 918 g/mol. The Morgan fingerprint density at radius 2 is 0.593 bits per heavy atom. The van der Waals surface area contributed by atoms with Crippen LogP contribution in [0.1, 0.15) is 299 Å². The molecule has 1 unspecified atom stereocenters. The lowest BCUT2D eigenvalue weighted by Crippen LogP contribution is -2.39. The molecule has 0 rings (SSSR count). The second-order valence-electron chi connectivity index (χ2n) is 20.1. The van der Waals surface area contributed by atoms with Crippen molar-refractivity contribution in [2.45, 2.75) is 317 Å². The summed E-state index contributed by atoms with van der Waals surface area (Å²) in [6.45, 7) is 24.2. The summed E-state index contributed by atoms with van der Waals surface area (Å²) in [5, 5.41) is 7.83. The Bertz CT molecular complexity index is 716. The molecule has 0 aliphatic carbocycles. The van der Waals surface area contributed by atoms with Crippen molar-refractivity contribution >= 4 is 50.9 Å². The van der Waals surface area contributed by atoms with Crippen molar-refractivity contribution in [1.82, 2.24) is 15.5 Å². The lowest BCUT2D eigenvalue weighted by Gasteiger charge is -2.30. The van der Waals surface area contributed by atoms with E-state index in [1.54, 1.807) is 0 Å². The van der Waals surface area contributed by atoms with Gasteiger partial charge >= 0.3 is 0 Å². The molecule has 0 spiro atoms. The molecule has 0 radical (unpaired) electrons. The van der Waals surface area contributed by atoms with E-state index in [0.717, 1.165) is 6.04 Å². The molecule has 0 fully saturated rings. The van der Waals surface area contributed by atoms with Gasteiger partial charge in [-0.3, -0.25) is 0 Å². The predicted octanol–water partition coefficient (Wildman–Crippen LogP) is 19.0. The number of rotatable bonds is 47. The molecule has 0 heterocycles. The quantitative estimate of drug-likeness (QED) is 0.0595. The molecule has 0 bridgehead atoms. The van der Waals surface area contributed by atoms with Gasteiger partial charge < -0.3 is 15.5 Å². The summed E-state index contributed by atoms with van der Waals surface area (Å²) in [6, 6.07) is 0.742. The van der Waals surface area contributed by atoms with Gasteiger partial charge in [0.15, 0.2) is 0 Å². The zero-order valence-electron chi connectivity index (χ0n) is 41.9. The first-order valence-electron chi connectivity index (χ1n) is 26.4. The average Bonchev–Trinajstić information content (AvgIpc) is 3.17. The van der Waals surface area contributed by atoms with E-state index in [4.69, 9.17) is 0 Å². The van der Waals surface area contributed by atoms with Gasteiger partial charge in [-0.1, -0.05) is 220 Å². The highest BCUT2D eigenvalue weighted by Gasteiger charge is 2.17. The number of halogens is 3. The maximum atomic E-state index is 3.92. The van der Waals surface area contributed by atoms with Crippen LogP contribution in [0, 0.1) is 0 Å². The van der Waals surface area contributed by atoms with E-state index in [9.17, 15) is 0 Å². The Balaban J connectivity index is -0.00000504. The molecule has 0 saturated carbocycles. The van der Waals surface area contributed by atoms with Crippen molar-refractivity contribution in [3.63, 3.8) is 0 Å². The van der Waals surface area contributed by atoms with Crippen LogP contribution in [0.5, 0.6) is 0 Å². The minimum absolute atomic E-state index is 0. The number of hydrogen-bond donors (Lipinski definition) is 2. The van der Waals surface area contributed by atoms with Gasteiger partial charge in [-0.2, -0.15) is 0 Å². The molecule has 0 aliphatic rings. The van der Waals surface area contributed by atoms with E-state index < -0.39 is 0 Å². The summed E-state index contributed by atoms with van der Waals surface area (Å²) >= 11 is 0. The first-order valence-corrected chi connectivity index (χ1v) is 26.4. The van der Waals surface area contributed by atoms with Gasteiger partial charge in [-0.25, -0.2) is 0 Å². The van der Waals surface area contributed by atoms with Gasteiger partial charge in [0.05, 0.1) is 0 Å². The molecule has 0 saturated heterocycles. The molecule has 362 valence electrons. The molecule has 0 aromatic carbocycles. The van der Waals surface area contributed by atoms with Crippen molar-refractivity contribution in [2.75, 3.05) is 26.2 Å². The third-order valence-corrected chi connectivity index (χ3v) is 13.1. The summed E-state index contributed by atoms with van der Waals surface area (Å²) in [5.41, 5.74) is 0.586. The molecule has 1 atom stereocenters. The van der Waals surface area contributed by atoms with Crippen LogP contribution in [-0.4, -0.2) is 48.2 Å². The normalized spacial score (nSPS) is 12.4. The zero-order valence-corrected chi connectivity index (χ0v) is 47.1. The van der Waals surface area contributed by atoms with E-state index in [-0.39, 0.29) is 50.9 Å². The van der Waals surface area contributed by atoms with Gasteiger partial charge in [0.2, 0.25) is 0 Å². The van der Waals surface area contributed by atoms with Gasteiger partial charge in [0.25, 0.3) is 0 Å². The van der Waals surface area contributed by atoms with Crippen LogP contribution >= 0.6 is 50.9 Å². The van der Waals surface area contributed by atoms with E-state index in [1.165, 1.54) is 270 Å². The fraction of sp³-hybridized carbons (Fsp3) is 1.00. The molecular formula is C53H114Br3N3. The second-order valence-corrected chi connectivity index (χ2v) is 20.1. The highest BCUT2D eigenvalue weighted by atomic mass is 79.9. The number of nitrogens with one attached hydrogen (secondary N) is 2. The van der Waals surface area contributed by atoms with Crippen molar-refractivity contribution in [3.8, 4) is 0 Å². The van der Waals surface area contributed by atoms with Gasteiger partial charge in [-0.15, -0.1) is 50.9 Å².